The number of hydrogen-bond acceptors (Lipinski definition) is 3. The first kappa shape index (κ1) is 16.0. The van der Waals surface area contributed by atoms with Gasteiger partial charge in [-0.2, -0.15) is 0 Å². The molecule has 0 aliphatic rings. The van der Waals surface area contributed by atoms with Crippen LogP contribution in [0.15, 0.2) is 35.7 Å². The third-order valence-corrected chi connectivity index (χ3v) is 4.66. The Labute approximate surface area is 130 Å². The molecule has 0 fully saturated rings. The molecule has 2 nitrogen and oxygen atoms in total. The molecule has 0 aliphatic carbocycles. The highest BCUT2D eigenvalue weighted by atomic mass is 32.1. The van der Waals surface area contributed by atoms with Gasteiger partial charge in [0.1, 0.15) is 5.82 Å². The summed E-state index contributed by atoms with van der Waals surface area (Å²) in [4.78, 5) is 3.30. The second-order valence-corrected chi connectivity index (χ2v) is 6.44. The standard InChI is InChI=1S/C17H23FN2S/c1-3-14(19)11-13-6-7-17(16(18)12-13)20(2)9-8-15-5-4-10-21-15/h4-7,10,12,14H,3,8-9,11,19H2,1-2H3. The van der Waals surface area contributed by atoms with Crippen molar-refractivity contribution >= 4 is 17.0 Å². The van der Waals surface area contributed by atoms with Crippen molar-refractivity contribution in [1.82, 2.24) is 0 Å². The van der Waals surface area contributed by atoms with Crippen LogP contribution in [0.5, 0.6) is 0 Å². The molecule has 2 N–H and O–H groups in total. The molecule has 114 valence electrons. The number of halogens is 1. The molecule has 1 aromatic carbocycles. The van der Waals surface area contributed by atoms with Gasteiger partial charge in [0.15, 0.2) is 0 Å². The smallest absolute Gasteiger partial charge is 0.146 e. The van der Waals surface area contributed by atoms with Gasteiger partial charge in [0.05, 0.1) is 5.69 Å². The van der Waals surface area contributed by atoms with Crippen LogP contribution in [0.1, 0.15) is 23.8 Å². The number of rotatable bonds is 7. The van der Waals surface area contributed by atoms with Gasteiger partial charge in [0, 0.05) is 24.5 Å². The van der Waals surface area contributed by atoms with Crippen LogP contribution in [0.25, 0.3) is 0 Å². The minimum Gasteiger partial charge on any atom is -0.372 e. The Balaban J connectivity index is 1.99. The van der Waals surface area contributed by atoms with Crippen molar-refractivity contribution in [3.8, 4) is 0 Å². The van der Waals surface area contributed by atoms with Gasteiger partial charge in [-0.1, -0.05) is 19.1 Å². The lowest BCUT2D eigenvalue weighted by molar-refractivity contribution is 0.610. The van der Waals surface area contributed by atoms with Crippen molar-refractivity contribution in [2.24, 2.45) is 5.73 Å². The normalized spacial score (nSPS) is 12.4. The maximum absolute atomic E-state index is 14.2. The maximum Gasteiger partial charge on any atom is 0.146 e. The molecule has 2 rings (SSSR count). The number of anilines is 1. The van der Waals surface area contributed by atoms with Gasteiger partial charge >= 0.3 is 0 Å². The summed E-state index contributed by atoms with van der Waals surface area (Å²) >= 11 is 1.74. The van der Waals surface area contributed by atoms with Crippen LogP contribution in [0.2, 0.25) is 0 Å². The maximum atomic E-state index is 14.2. The molecule has 4 heteroatoms. The predicted molar refractivity (Wildman–Crippen MR) is 89.7 cm³/mol. The van der Waals surface area contributed by atoms with Gasteiger partial charge in [0.25, 0.3) is 0 Å². The quantitative estimate of drug-likeness (QED) is 0.842. The van der Waals surface area contributed by atoms with E-state index in [2.05, 4.69) is 11.4 Å². The molecule has 0 saturated carbocycles. The van der Waals surface area contributed by atoms with E-state index in [1.165, 1.54) is 4.88 Å². The van der Waals surface area contributed by atoms with Crippen molar-refractivity contribution in [1.29, 1.82) is 0 Å². The molecule has 0 saturated heterocycles. The van der Waals surface area contributed by atoms with Crippen LogP contribution >= 0.6 is 11.3 Å². The number of thiophene rings is 1. The molecule has 2 aromatic rings. The number of nitrogens with zero attached hydrogens (tertiary/aromatic N) is 1. The summed E-state index contributed by atoms with van der Waals surface area (Å²) in [5.41, 5.74) is 7.55. The van der Waals surface area contributed by atoms with Gasteiger partial charge in [-0.05, 0) is 48.4 Å². The van der Waals surface area contributed by atoms with Crippen molar-refractivity contribution in [2.45, 2.75) is 32.2 Å². The topological polar surface area (TPSA) is 29.3 Å². The van der Waals surface area contributed by atoms with Gasteiger partial charge < -0.3 is 10.6 Å². The fourth-order valence-corrected chi connectivity index (χ4v) is 2.99. The first-order valence-corrected chi connectivity index (χ1v) is 8.25. The summed E-state index contributed by atoms with van der Waals surface area (Å²) in [7, 11) is 1.93. The fraction of sp³-hybridized carbons (Fsp3) is 0.412. The van der Waals surface area contributed by atoms with E-state index in [4.69, 9.17) is 5.73 Å². The molecule has 0 bridgehead atoms. The molecule has 1 aromatic heterocycles. The third-order valence-electron chi connectivity index (χ3n) is 3.72. The zero-order valence-electron chi connectivity index (χ0n) is 12.7. The van der Waals surface area contributed by atoms with E-state index in [-0.39, 0.29) is 11.9 Å². The third kappa shape index (κ3) is 4.55. The zero-order valence-corrected chi connectivity index (χ0v) is 13.5. The lowest BCUT2D eigenvalue weighted by Crippen LogP contribution is -2.23. The Morgan fingerprint density at radius 1 is 1.33 bits per heavy atom. The van der Waals surface area contributed by atoms with Gasteiger partial charge in [-0.25, -0.2) is 4.39 Å². The summed E-state index contributed by atoms with van der Waals surface area (Å²) in [6.07, 6.45) is 2.58. The molecule has 21 heavy (non-hydrogen) atoms. The summed E-state index contributed by atoms with van der Waals surface area (Å²) < 4.78 is 14.2. The highest BCUT2D eigenvalue weighted by Crippen LogP contribution is 2.21. The number of nitrogens with two attached hydrogens (primary N) is 1. The van der Waals surface area contributed by atoms with E-state index >= 15 is 0 Å². The van der Waals surface area contributed by atoms with Crippen molar-refractivity contribution in [3.05, 3.63) is 52.0 Å². The number of hydrogen-bond donors (Lipinski definition) is 1. The van der Waals surface area contributed by atoms with Crippen LogP contribution in [-0.4, -0.2) is 19.6 Å². The lowest BCUT2D eigenvalue weighted by Gasteiger charge is -2.20. The molecular formula is C17H23FN2S. The lowest BCUT2D eigenvalue weighted by atomic mass is 10.0. The second kappa shape index (κ2) is 7.57. The van der Waals surface area contributed by atoms with Crippen LogP contribution in [0.3, 0.4) is 0 Å². The van der Waals surface area contributed by atoms with Crippen LogP contribution in [0.4, 0.5) is 10.1 Å². The monoisotopic (exact) mass is 306 g/mol. The summed E-state index contributed by atoms with van der Waals surface area (Å²) in [6, 6.07) is 9.73. The Bertz CT molecular complexity index is 554. The Hall–Kier alpha value is -1.39. The van der Waals surface area contributed by atoms with Crippen LogP contribution in [0, 0.1) is 5.82 Å². The van der Waals surface area contributed by atoms with E-state index in [0.717, 1.165) is 31.4 Å². The Morgan fingerprint density at radius 2 is 2.14 bits per heavy atom. The highest BCUT2D eigenvalue weighted by molar-refractivity contribution is 7.09. The first-order chi connectivity index (χ1) is 10.1. The summed E-state index contributed by atoms with van der Waals surface area (Å²) in [5.74, 6) is -0.163. The number of likely N-dealkylation sites (N-methyl/N-ethyl adjacent to an activating group) is 1. The zero-order chi connectivity index (χ0) is 15.2. The van der Waals surface area contributed by atoms with E-state index in [1.54, 1.807) is 17.4 Å². The highest BCUT2D eigenvalue weighted by Gasteiger charge is 2.10. The van der Waals surface area contributed by atoms with Crippen LogP contribution in [-0.2, 0) is 12.8 Å². The summed E-state index contributed by atoms with van der Waals surface area (Å²) in [6.45, 7) is 2.86. The summed E-state index contributed by atoms with van der Waals surface area (Å²) in [5, 5.41) is 2.07. The van der Waals surface area contributed by atoms with Crippen molar-refractivity contribution < 1.29 is 4.39 Å². The molecule has 0 radical (unpaired) electrons. The van der Waals surface area contributed by atoms with Crippen LogP contribution < -0.4 is 10.6 Å². The van der Waals surface area contributed by atoms with E-state index in [1.807, 2.05) is 37.1 Å². The SMILES string of the molecule is CCC(N)Cc1ccc(N(C)CCc2cccs2)c(F)c1. The number of benzene rings is 1. The molecule has 1 atom stereocenters. The largest absolute Gasteiger partial charge is 0.372 e. The van der Waals surface area contributed by atoms with E-state index < -0.39 is 0 Å². The first-order valence-electron chi connectivity index (χ1n) is 7.37. The second-order valence-electron chi connectivity index (χ2n) is 5.41. The van der Waals surface area contributed by atoms with E-state index in [9.17, 15) is 4.39 Å². The molecule has 0 spiro atoms. The Morgan fingerprint density at radius 3 is 2.76 bits per heavy atom. The van der Waals surface area contributed by atoms with Gasteiger partial charge in [-0.3, -0.25) is 0 Å². The fourth-order valence-electron chi connectivity index (χ4n) is 2.29. The molecule has 0 aliphatic heterocycles. The molecule has 1 heterocycles. The molecule has 0 amide bonds. The van der Waals surface area contributed by atoms with E-state index in [0.29, 0.717) is 5.69 Å². The Kier molecular flexibility index (Phi) is 5.76. The molecular weight excluding hydrogens is 283 g/mol. The predicted octanol–water partition coefficient (Wildman–Crippen LogP) is 3.85. The minimum atomic E-state index is -0.163. The van der Waals surface area contributed by atoms with Gasteiger partial charge in [-0.15, -0.1) is 11.3 Å². The van der Waals surface area contributed by atoms with Crippen molar-refractivity contribution in [3.63, 3.8) is 0 Å². The van der Waals surface area contributed by atoms with Crippen molar-refractivity contribution in [2.75, 3.05) is 18.5 Å². The molecule has 1 unspecified atom stereocenters. The average Bonchev–Trinajstić information content (AvgIpc) is 2.98. The average molecular weight is 306 g/mol. The van der Waals surface area contributed by atoms with Gasteiger partial charge in [0.2, 0.25) is 0 Å². The minimum absolute atomic E-state index is 0.104.